The van der Waals surface area contributed by atoms with Gasteiger partial charge in [-0.1, -0.05) is 13.8 Å². The molecule has 0 aliphatic carbocycles. The van der Waals surface area contributed by atoms with Gasteiger partial charge in [-0.2, -0.15) is 5.10 Å². The van der Waals surface area contributed by atoms with Gasteiger partial charge >= 0.3 is 0 Å². The van der Waals surface area contributed by atoms with Crippen LogP contribution in [-0.2, 0) is 13.1 Å². The molecule has 0 aliphatic rings. The average Bonchev–Trinajstić information content (AvgIpc) is 2.62. The molecule has 0 spiro atoms. The summed E-state index contributed by atoms with van der Waals surface area (Å²) in [5.41, 5.74) is 0.179. The summed E-state index contributed by atoms with van der Waals surface area (Å²) in [6.07, 6.45) is 1.65. The largest absolute Gasteiger partial charge is 0.311 e. The van der Waals surface area contributed by atoms with Crippen LogP contribution in [-0.4, -0.2) is 45.3 Å². The molecule has 0 aromatic carbocycles. The highest BCUT2D eigenvalue weighted by atomic mass is 15.3. The fourth-order valence-electron chi connectivity index (χ4n) is 1.85. The van der Waals surface area contributed by atoms with E-state index >= 15 is 0 Å². The second-order valence-electron chi connectivity index (χ2n) is 6.67. The summed E-state index contributed by atoms with van der Waals surface area (Å²) in [6, 6.07) is 0. The summed E-state index contributed by atoms with van der Waals surface area (Å²) in [5.74, 6) is 1.64. The normalized spacial score (nSPS) is 12.6. The summed E-state index contributed by atoms with van der Waals surface area (Å²) in [5, 5.41) is 7.79. The van der Waals surface area contributed by atoms with Crippen molar-refractivity contribution in [1.82, 2.24) is 25.0 Å². The van der Waals surface area contributed by atoms with Crippen molar-refractivity contribution in [3.63, 3.8) is 0 Å². The van der Waals surface area contributed by atoms with E-state index in [-0.39, 0.29) is 5.54 Å². The maximum absolute atomic E-state index is 4.36. The van der Waals surface area contributed by atoms with E-state index in [4.69, 9.17) is 0 Å². The SMILES string of the molecule is CC(C)Cn1ncnc1CN(C)CCNC(C)(C)C. The summed E-state index contributed by atoms with van der Waals surface area (Å²) in [4.78, 5) is 6.63. The lowest BCUT2D eigenvalue weighted by molar-refractivity contribution is 0.288. The van der Waals surface area contributed by atoms with Crippen LogP contribution in [0.3, 0.4) is 0 Å². The van der Waals surface area contributed by atoms with Crippen LogP contribution >= 0.6 is 0 Å². The molecule has 19 heavy (non-hydrogen) atoms. The number of hydrogen-bond acceptors (Lipinski definition) is 4. The van der Waals surface area contributed by atoms with E-state index in [2.05, 4.69) is 62.0 Å². The molecule has 0 unspecified atom stereocenters. The zero-order valence-electron chi connectivity index (χ0n) is 13.3. The Kier molecular flexibility index (Phi) is 5.94. The van der Waals surface area contributed by atoms with Gasteiger partial charge in [-0.15, -0.1) is 0 Å². The van der Waals surface area contributed by atoms with E-state index in [0.717, 1.165) is 32.0 Å². The molecule has 0 saturated carbocycles. The topological polar surface area (TPSA) is 46.0 Å². The third-order valence-corrected chi connectivity index (χ3v) is 2.79. The first kappa shape index (κ1) is 16.1. The highest BCUT2D eigenvalue weighted by Gasteiger charge is 2.11. The van der Waals surface area contributed by atoms with Gasteiger partial charge in [0.05, 0.1) is 6.54 Å². The fourth-order valence-corrected chi connectivity index (χ4v) is 1.85. The molecule has 0 bridgehead atoms. The fraction of sp³-hybridized carbons (Fsp3) is 0.857. The number of nitrogens with zero attached hydrogens (tertiary/aromatic N) is 4. The van der Waals surface area contributed by atoms with Crippen molar-refractivity contribution >= 4 is 0 Å². The predicted molar refractivity (Wildman–Crippen MR) is 78.9 cm³/mol. The number of aromatic nitrogens is 3. The molecule has 5 heteroatoms. The summed E-state index contributed by atoms with van der Waals surface area (Å²) in [6.45, 7) is 14.7. The van der Waals surface area contributed by atoms with Gasteiger partial charge in [0.1, 0.15) is 12.2 Å². The number of rotatable bonds is 7. The molecule has 110 valence electrons. The second kappa shape index (κ2) is 7.01. The smallest absolute Gasteiger partial charge is 0.141 e. The van der Waals surface area contributed by atoms with Crippen LogP contribution in [0.4, 0.5) is 0 Å². The minimum atomic E-state index is 0.179. The third kappa shape index (κ3) is 6.68. The molecular weight excluding hydrogens is 238 g/mol. The minimum absolute atomic E-state index is 0.179. The van der Waals surface area contributed by atoms with E-state index in [9.17, 15) is 0 Å². The lowest BCUT2D eigenvalue weighted by Gasteiger charge is -2.23. The molecule has 0 aliphatic heterocycles. The van der Waals surface area contributed by atoms with Crippen molar-refractivity contribution in [2.24, 2.45) is 5.92 Å². The van der Waals surface area contributed by atoms with Crippen LogP contribution in [0.15, 0.2) is 6.33 Å². The van der Waals surface area contributed by atoms with Crippen molar-refractivity contribution in [1.29, 1.82) is 0 Å². The van der Waals surface area contributed by atoms with E-state index in [1.54, 1.807) is 6.33 Å². The van der Waals surface area contributed by atoms with Gasteiger partial charge < -0.3 is 5.32 Å². The van der Waals surface area contributed by atoms with Crippen molar-refractivity contribution in [3.8, 4) is 0 Å². The first-order valence-electron chi connectivity index (χ1n) is 7.08. The zero-order valence-corrected chi connectivity index (χ0v) is 13.3. The molecule has 5 nitrogen and oxygen atoms in total. The molecule has 0 radical (unpaired) electrons. The average molecular weight is 267 g/mol. The number of likely N-dealkylation sites (N-methyl/N-ethyl adjacent to an activating group) is 1. The number of hydrogen-bond donors (Lipinski definition) is 1. The maximum atomic E-state index is 4.36. The zero-order chi connectivity index (χ0) is 14.5. The second-order valence-corrected chi connectivity index (χ2v) is 6.67. The van der Waals surface area contributed by atoms with Gasteiger partial charge in [0.15, 0.2) is 0 Å². The van der Waals surface area contributed by atoms with Gasteiger partial charge in [0, 0.05) is 25.2 Å². The summed E-state index contributed by atoms with van der Waals surface area (Å²) < 4.78 is 2.01. The van der Waals surface area contributed by atoms with Gasteiger partial charge in [-0.3, -0.25) is 4.90 Å². The van der Waals surface area contributed by atoms with Crippen LogP contribution in [0.5, 0.6) is 0 Å². The lowest BCUT2D eigenvalue weighted by Crippen LogP contribution is -2.40. The molecule has 1 aromatic heterocycles. The van der Waals surface area contributed by atoms with Crippen molar-refractivity contribution in [3.05, 3.63) is 12.2 Å². The van der Waals surface area contributed by atoms with Gasteiger partial charge in [0.2, 0.25) is 0 Å². The van der Waals surface area contributed by atoms with E-state index in [1.807, 2.05) is 4.68 Å². The molecule has 0 saturated heterocycles. The van der Waals surface area contributed by atoms with E-state index in [1.165, 1.54) is 0 Å². The highest BCUT2D eigenvalue weighted by molar-refractivity contribution is 4.84. The van der Waals surface area contributed by atoms with Crippen LogP contribution in [0.1, 0.15) is 40.4 Å². The maximum Gasteiger partial charge on any atom is 0.141 e. The first-order chi connectivity index (χ1) is 8.78. The molecule has 0 amide bonds. The summed E-state index contributed by atoms with van der Waals surface area (Å²) >= 11 is 0. The Labute approximate surface area is 117 Å². The standard InChI is InChI=1S/C14H29N5/c1-12(2)9-19-13(15-11-17-19)10-18(6)8-7-16-14(3,4)5/h11-12,16H,7-10H2,1-6H3. The predicted octanol–water partition coefficient (Wildman–Crippen LogP) is 1.75. The summed E-state index contributed by atoms with van der Waals surface area (Å²) in [7, 11) is 2.12. The Morgan fingerprint density at radius 1 is 1.37 bits per heavy atom. The van der Waals surface area contributed by atoms with Gasteiger partial charge in [-0.25, -0.2) is 9.67 Å². The van der Waals surface area contributed by atoms with Crippen LogP contribution < -0.4 is 5.32 Å². The monoisotopic (exact) mass is 267 g/mol. The van der Waals surface area contributed by atoms with Crippen LogP contribution in [0, 0.1) is 5.92 Å². The minimum Gasteiger partial charge on any atom is -0.311 e. The molecule has 1 aromatic rings. The van der Waals surface area contributed by atoms with Crippen LogP contribution in [0.25, 0.3) is 0 Å². The Morgan fingerprint density at radius 2 is 2.05 bits per heavy atom. The molecule has 1 heterocycles. The van der Waals surface area contributed by atoms with E-state index in [0.29, 0.717) is 5.92 Å². The van der Waals surface area contributed by atoms with Crippen LogP contribution in [0.2, 0.25) is 0 Å². The van der Waals surface area contributed by atoms with Crippen molar-refractivity contribution in [2.45, 2.75) is 53.2 Å². The van der Waals surface area contributed by atoms with Crippen molar-refractivity contribution < 1.29 is 0 Å². The van der Waals surface area contributed by atoms with Gasteiger partial charge in [0.25, 0.3) is 0 Å². The molecule has 1 rings (SSSR count). The Hall–Kier alpha value is -0.940. The molecule has 0 fully saturated rings. The molecular formula is C14H29N5. The Morgan fingerprint density at radius 3 is 2.63 bits per heavy atom. The quantitative estimate of drug-likeness (QED) is 0.817. The molecule has 0 atom stereocenters. The molecule has 1 N–H and O–H groups in total. The third-order valence-electron chi connectivity index (χ3n) is 2.79. The Balaban J connectivity index is 2.40. The number of nitrogens with one attached hydrogen (secondary N) is 1. The van der Waals surface area contributed by atoms with Crippen molar-refractivity contribution in [2.75, 3.05) is 20.1 Å². The van der Waals surface area contributed by atoms with Gasteiger partial charge in [-0.05, 0) is 33.7 Å². The highest BCUT2D eigenvalue weighted by Crippen LogP contribution is 2.04. The Bertz CT molecular complexity index is 364. The van der Waals surface area contributed by atoms with E-state index < -0.39 is 0 Å². The first-order valence-corrected chi connectivity index (χ1v) is 7.08. The lowest BCUT2D eigenvalue weighted by atomic mass is 10.1.